The third-order valence-corrected chi connectivity index (χ3v) is 20.6. The van der Waals surface area contributed by atoms with E-state index in [2.05, 4.69) is 348 Å². The van der Waals surface area contributed by atoms with Gasteiger partial charge in [0, 0.05) is 140 Å². The molecule has 6 aromatic heterocycles. The Bertz CT molecular complexity index is 4890. The fourth-order valence-electron chi connectivity index (χ4n) is 13.9. The molecule has 0 atom stereocenters. The molecule has 0 unspecified atom stereocenters. The van der Waals surface area contributed by atoms with Crippen molar-refractivity contribution < 1.29 is 31.5 Å². The zero-order chi connectivity index (χ0) is 78.0. The molecule has 0 saturated heterocycles. The van der Waals surface area contributed by atoms with Crippen molar-refractivity contribution in [1.29, 1.82) is 0 Å². The van der Waals surface area contributed by atoms with E-state index in [0.29, 0.717) is 5.69 Å². The zero-order valence-electron chi connectivity index (χ0n) is 70.5. The molecular formula is C96H120N6+6. The zero-order valence-corrected chi connectivity index (χ0v) is 67.5. The summed E-state index contributed by atoms with van der Waals surface area (Å²) in [5.41, 5.74) is 45.4. The van der Waals surface area contributed by atoms with Crippen LogP contribution in [0.25, 0.3) is 67.5 Å². The Balaban J connectivity index is 0.000000176. The van der Waals surface area contributed by atoms with Crippen molar-refractivity contribution in [2.45, 2.75) is 166 Å². The molecule has 0 amide bonds. The molecular weight excluding hydrogens is 1240 g/mol. The summed E-state index contributed by atoms with van der Waals surface area (Å²) in [6.45, 7) is 47.3. The van der Waals surface area contributed by atoms with Crippen LogP contribution in [0.5, 0.6) is 0 Å². The highest BCUT2D eigenvalue weighted by Crippen LogP contribution is 2.31. The van der Waals surface area contributed by atoms with Gasteiger partial charge in [-0.15, -0.1) is 0 Å². The highest BCUT2D eigenvalue weighted by molar-refractivity contribution is 5.69. The minimum absolute atomic E-state index is 0.374. The molecule has 0 radical (unpaired) electrons. The van der Waals surface area contributed by atoms with E-state index in [9.17, 15) is 0 Å². The fourth-order valence-corrected chi connectivity index (χ4v) is 13.9. The lowest BCUT2D eigenvalue weighted by atomic mass is 9.98. The Hall–Kier alpha value is -9.78. The molecule has 6 heterocycles. The summed E-state index contributed by atoms with van der Waals surface area (Å²) in [7, 11) is 12.5. The molecule has 0 aliphatic rings. The lowest BCUT2D eigenvalue weighted by Crippen LogP contribution is -2.36. The predicted octanol–water partition coefficient (Wildman–Crippen LogP) is 20.5. The van der Waals surface area contributed by atoms with Crippen molar-refractivity contribution in [3.05, 3.63) is 316 Å². The summed E-state index contributed by atoms with van der Waals surface area (Å²) in [6, 6.07) is 64.8. The smallest absolute Gasteiger partial charge is 0.199 e. The normalized spacial score (nSPS) is 11.2. The quantitative estimate of drug-likeness (QED) is 0.148. The van der Waals surface area contributed by atoms with Crippen LogP contribution < -0.4 is 27.4 Å². The van der Waals surface area contributed by atoms with Gasteiger partial charge < -0.3 is 0 Å². The molecule has 0 bridgehead atoms. The van der Waals surface area contributed by atoms with E-state index in [1.807, 2.05) is 52.1 Å². The largest absolute Gasteiger partial charge is 0.215 e. The standard InChI is InChI=1S/6C16H20N/c2*1-11-6-7-13(3)15(9-11)16-10-12(2)8-14(4)17(16)5;2*1-11-9-14(4)17(5)15(10-11)16-12(2)7-6-8-13(16)3;2*1-11-8-6-7-9-15(11)16-14(4)12(2)10-13(3)17(16)5/h6*6-10H,1-5H3/q6*+1/i;;;;3D3;. The summed E-state index contributed by atoms with van der Waals surface area (Å²) >= 11 is 0. The number of nitrogens with zero attached hydrogens (tertiary/aromatic N) is 6. The average molecular weight is 1360 g/mol. The van der Waals surface area contributed by atoms with Gasteiger partial charge in [0.05, 0.1) is 11.1 Å². The van der Waals surface area contributed by atoms with Gasteiger partial charge in [-0.05, 0) is 227 Å². The maximum Gasteiger partial charge on any atom is 0.215 e. The van der Waals surface area contributed by atoms with Crippen molar-refractivity contribution in [2.75, 3.05) is 0 Å². The van der Waals surface area contributed by atoms with E-state index in [1.54, 1.807) is 10.6 Å². The van der Waals surface area contributed by atoms with Gasteiger partial charge in [0.15, 0.2) is 34.2 Å². The molecule has 0 aliphatic heterocycles. The van der Waals surface area contributed by atoms with Crippen LogP contribution in [0.3, 0.4) is 0 Å². The van der Waals surface area contributed by atoms with Gasteiger partial charge in [0.1, 0.15) is 42.3 Å². The number of benzene rings is 6. The van der Waals surface area contributed by atoms with Gasteiger partial charge >= 0.3 is 0 Å². The minimum Gasteiger partial charge on any atom is -0.199 e. The van der Waals surface area contributed by atoms with Crippen LogP contribution in [0, 0.1) is 166 Å². The van der Waals surface area contributed by atoms with Crippen LogP contribution in [-0.2, 0) is 42.3 Å². The van der Waals surface area contributed by atoms with Crippen LogP contribution in [0.15, 0.2) is 182 Å². The van der Waals surface area contributed by atoms with Crippen LogP contribution in [0.1, 0.15) is 138 Å². The number of aryl methyl sites for hydroxylation is 22. The first-order chi connectivity index (χ1) is 49.2. The Labute approximate surface area is 620 Å². The second-order valence-electron chi connectivity index (χ2n) is 29.0. The maximum absolute atomic E-state index is 7.71. The second kappa shape index (κ2) is 34.7. The first-order valence-corrected chi connectivity index (χ1v) is 36.0. The second-order valence-corrected chi connectivity index (χ2v) is 29.0. The molecule has 12 aromatic rings. The third kappa shape index (κ3) is 19.0. The summed E-state index contributed by atoms with van der Waals surface area (Å²) < 4.78 is 36.3. The van der Waals surface area contributed by atoms with Crippen LogP contribution >= 0.6 is 0 Å². The van der Waals surface area contributed by atoms with Crippen molar-refractivity contribution in [1.82, 2.24) is 0 Å². The summed E-state index contributed by atoms with van der Waals surface area (Å²) in [5, 5.41) is 0. The minimum atomic E-state index is -2.11. The third-order valence-electron chi connectivity index (χ3n) is 20.6. The van der Waals surface area contributed by atoms with Gasteiger partial charge in [0.25, 0.3) is 0 Å². The van der Waals surface area contributed by atoms with E-state index < -0.39 is 6.85 Å². The van der Waals surface area contributed by atoms with Crippen molar-refractivity contribution in [3.8, 4) is 67.5 Å². The molecule has 6 nitrogen and oxygen atoms in total. The summed E-state index contributed by atoms with van der Waals surface area (Å²) in [5.74, 6) is 0. The first-order valence-electron chi connectivity index (χ1n) is 37.5. The molecule has 0 N–H and O–H groups in total. The van der Waals surface area contributed by atoms with Crippen LogP contribution in [0.4, 0.5) is 0 Å². The molecule has 0 saturated carbocycles. The topological polar surface area (TPSA) is 23.3 Å². The molecule has 0 aliphatic carbocycles. The van der Waals surface area contributed by atoms with Crippen LogP contribution in [0.2, 0.25) is 0 Å². The number of hydrogen-bond donors (Lipinski definition) is 0. The number of rotatable bonds is 6. The SMILES string of the molecule is Cc1cc(C)[n+](C)c(-c2c(C)cccc2C)c1.Cc1cc(C)[n+](C)c(-c2c(C)cccc2C)c1.Cc1ccc(C)c(-c2cc(C)cc(C)[n+]2C)c1.Cc1ccc(C)c(-c2cc(C)cc(C)[n+]2C)c1.Cc1ccccc1-c1c(C)c(C)cc(C)[n+]1C.[2H]C([2H])([2H])c1cc(C)c(C)c(-c2ccccc2C)[n+]1C. The molecule has 0 spiro atoms. The predicted molar refractivity (Wildman–Crippen MR) is 432 cm³/mol. The number of hydrogen-bond acceptors (Lipinski definition) is 0. The highest BCUT2D eigenvalue weighted by atomic mass is 15.0. The molecule has 102 heavy (non-hydrogen) atoms. The lowest BCUT2D eigenvalue weighted by Gasteiger charge is -2.10. The average Bonchev–Trinajstić information content (AvgIpc) is 0.781. The number of aromatic nitrogens is 6. The fraction of sp³-hybridized carbons (Fsp3) is 0.312. The Morgan fingerprint density at radius 2 is 0.471 bits per heavy atom. The summed E-state index contributed by atoms with van der Waals surface area (Å²) in [6.07, 6.45) is 0. The Morgan fingerprint density at radius 3 is 0.794 bits per heavy atom. The van der Waals surface area contributed by atoms with E-state index in [1.165, 1.54) is 168 Å². The maximum atomic E-state index is 7.71. The molecule has 0 fully saturated rings. The Morgan fingerprint density at radius 1 is 0.206 bits per heavy atom. The van der Waals surface area contributed by atoms with Gasteiger partial charge in [-0.3, -0.25) is 0 Å². The molecule has 6 heteroatoms. The molecule has 12 rings (SSSR count). The highest BCUT2D eigenvalue weighted by Gasteiger charge is 2.24. The van der Waals surface area contributed by atoms with Crippen molar-refractivity contribution >= 4 is 0 Å². The van der Waals surface area contributed by atoms with E-state index in [-0.39, 0.29) is 0 Å². The van der Waals surface area contributed by atoms with Gasteiger partial charge in [0.2, 0.25) is 34.2 Å². The monoisotopic (exact) mass is 1360 g/mol. The van der Waals surface area contributed by atoms with E-state index in [4.69, 9.17) is 4.11 Å². The molecule has 528 valence electrons. The van der Waals surface area contributed by atoms with E-state index >= 15 is 0 Å². The molecule has 6 aromatic carbocycles. The van der Waals surface area contributed by atoms with Gasteiger partial charge in [-0.1, -0.05) is 108 Å². The van der Waals surface area contributed by atoms with Crippen LogP contribution in [-0.4, -0.2) is 0 Å². The summed E-state index contributed by atoms with van der Waals surface area (Å²) in [4.78, 5) is 0. The van der Waals surface area contributed by atoms with Crippen molar-refractivity contribution in [3.63, 3.8) is 0 Å². The van der Waals surface area contributed by atoms with Gasteiger partial charge in [-0.2, -0.15) is 27.4 Å². The first kappa shape index (κ1) is 74.9. The Kier molecular flexibility index (Phi) is 25.5. The van der Waals surface area contributed by atoms with E-state index in [0.717, 1.165) is 27.9 Å². The van der Waals surface area contributed by atoms with Crippen molar-refractivity contribution in [2.24, 2.45) is 42.3 Å². The number of pyridine rings is 6. The van der Waals surface area contributed by atoms with Gasteiger partial charge in [-0.25, -0.2) is 0 Å². The lowest BCUT2D eigenvalue weighted by molar-refractivity contribution is -0.667.